The van der Waals surface area contributed by atoms with Crippen molar-refractivity contribution in [3.63, 3.8) is 0 Å². The molecule has 6 rings (SSSR count). The number of benzene rings is 3. The first-order valence-corrected chi connectivity index (χ1v) is 16.0. The number of anilines is 2. The Morgan fingerprint density at radius 1 is 1.00 bits per heavy atom. The van der Waals surface area contributed by atoms with Gasteiger partial charge in [0.25, 0.3) is 17.7 Å². The molecule has 0 radical (unpaired) electrons. The van der Waals surface area contributed by atoms with E-state index in [-0.39, 0.29) is 30.0 Å². The number of rotatable bonds is 9. The van der Waals surface area contributed by atoms with E-state index in [0.717, 1.165) is 12.1 Å². The number of morpholine rings is 1. The molecule has 0 aliphatic carbocycles. The summed E-state index contributed by atoms with van der Waals surface area (Å²) in [7, 11) is 0. The number of carbonyl (C=O) groups excluding carboxylic acids is 3. The first kappa shape index (κ1) is 34.5. The fourth-order valence-corrected chi connectivity index (χ4v) is 6.23. The molecule has 1 aromatic heterocycles. The molecule has 2 aliphatic rings. The van der Waals surface area contributed by atoms with Crippen LogP contribution >= 0.6 is 0 Å². The zero-order valence-electron chi connectivity index (χ0n) is 27.0. The van der Waals surface area contributed by atoms with Crippen molar-refractivity contribution in [2.75, 3.05) is 49.6 Å². The smallest absolute Gasteiger partial charge is 0.379 e. The fourth-order valence-electron chi connectivity index (χ4n) is 6.23. The van der Waals surface area contributed by atoms with Crippen LogP contribution in [0.15, 0.2) is 91.0 Å². The first-order chi connectivity index (χ1) is 24.0. The summed E-state index contributed by atoms with van der Waals surface area (Å²) in [6.45, 7) is 8.38. The molecular formula is C36H34F4N6O4. The van der Waals surface area contributed by atoms with Crippen molar-refractivity contribution in [3.8, 4) is 5.69 Å². The van der Waals surface area contributed by atoms with Crippen LogP contribution in [0.1, 0.15) is 39.9 Å². The summed E-state index contributed by atoms with van der Waals surface area (Å²) in [5.41, 5.74) is 0.199. The minimum atomic E-state index is -4.70. The molecule has 0 bridgehead atoms. The zero-order valence-corrected chi connectivity index (χ0v) is 27.0. The summed E-state index contributed by atoms with van der Waals surface area (Å²) in [6, 6.07) is 16.7. The van der Waals surface area contributed by atoms with E-state index in [1.165, 1.54) is 39.9 Å². The molecule has 14 heteroatoms. The molecule has 2 aliphatic heterocycles. The van der Waals surface area contributed by atoms with Crippen LogP contribution in [0.5, 0.6) is 0 Å². The van der Waals surface area contributed by atoms with E-state index in [9.17, 15) is 31.9 Å². The van der Waals surface area contributed by atoms with Gasteiger partial charge in [-0.15, -0.1) is 5.10 Å². The number of para-hydroxylation sites is 1. The first-order valence-electron chi connectivity index (χ1n) is 16.0. The number of aromatic nitrogens is 2. The number of hydrogen-bond acceptors (Lipinski definition) is 6. The minimum Gasteiger partial charge on any atom is -0.379 e. The lowest BCUT2D eigenvalue weighted by molar-refractivity contribution is -0.137. The zero-order chi connectivity index (χ0) is 35.6. The molecule has 260 valence electrons. The number of carbonyl (C=O) groups is 3. The summed E-state index contributed by atoms with van der Waals surface area (Å²) >= 11 is 0. The molecule has 3 amide bonds. The lowest BCUT2D eigenvalue weighted by atomic mass is 9.81. The summed E-state index contributed by atoms with van der Waals surface area (Å²) in [6.07, 6.45) is -4.70. The van der Waals surface area contributed by atoms with Crippen molar-refractivity contribution in [2.24, 2.45) is 0 Å². The van der Waals surface area contributed by atoms with Gasteiger partial charge in [0.05, 0.1) is 24.5 Å². The summed E-state index contributed by atoms with van der Waals surface area (Å²) in [4.78, 5) is 45.1. The Hall–Kier alpha value is -5.34. The van der Waals surface area contributed by atoms with Gasteiger partial charge in [-0.05, 0) is 55.0 Å². The molecule has 0 saturated carbocycles. The number of likely N-dealkylation sites (N-methyl/N-ethyl adjacent to an activating group) is 1. The van der Waals surface area contributed by atoms with E-state index in [0.29, 0.717) is 55.0 Å². The van der Waals surface area contributed by atoms with Crippen LogP contribution in [0.25, 0.3) is 5.69 Å². The Labute approximate surface area is 285 Å². The van der Waals surface area contributed by atoms with Crippen LogP contribution < -0.4 is 15.5 Å². The Morgan fingerprint density at radius 3 is 2.36 bits per heavy atom. The molecule has 1 fully saturated rings. The number of nitrogens with zero attached hydrogens (tertiary/aromatic N) is 4. The van der Waals surface area contributed by atoms with Gasteiger partial charge in [-0.2, -0.15) is 13.2 Å². The van der Waals surface area contributed by atoms with Crippen molar-refractivity contribution in [3.05, 3.63) is 119 Å². The molecule has 3 aromatic carbocycles. The predicted octanol–water partition coefficient (Wildman–Crippen LogP) is 5.15. The molecule has 1 saturated heterocycles. The van der Waals surface area contributed by atoms with Crippen LogP contribution in [0.2, 0.25) is 0 Å². The van der Waals surface area contributed by atoms with E-state index in [2.05, 4.69) is 17.2 Å². The van der Waals surface area contributed by atoms with E-state index in [1.54, 1.807) is 37.3 Å². The highest BCUT2D eigenvalue weighted by Crippen LogP contribution is 2.45. The van der Waals surface area contributed by atoms with Gasteiger partial charge >= 0.3 is 6.18 Å². The largest absolute Gasteiger partial charge is 0.416 e. The van der Waals surface area contributed by atoms with Gasteiger partial charge in [-0.1, -0.05) is 43.0 Å². The number of alkyl halides is 3. The Balaban J connectivity index is 1.47. The molecule has 50 heavy (non-hydrogen) atoms. The van der Waals surface area contributed by atoms with Crippen molar-refractivity contribution >= 4 is 29.4 Å². The van der Waals surface area contributed by atoms with Gasteiger partial charge in [0.2, 0.25) is 0 Å². The highest BCUT2D eigenvalue weighted by atomic mass is 19.4. The van der Waals surface area contributed by atoms with Crippen LogP contribution in [0.3, 0.4) is 0 Å². The number of ether oxygens (including phenoxy) is 1. The second-order valence-corrected chi connectivity index (χ2v) is 11.9. The Morgan fingerprint density at radius 2 is 1.70 bits per heavy atom. The Kier molecular flexibility index (Phi) is 9.84. The summed E-state index contributed by atoms with van der Waals surface area (Å²) < 4.78 is 61.7. The molecule has 2 atom stereocenters. The van der Waals surface area contributed by atoms with Gasteiger partial charge in [-0.3, -0.25) is 24.2 Å². The monoisotopic (exact) mass is 690 g/mol. The maximum absolute atomic E-state index is 14.4. The number of fused-ring (bicyclic) bond motifs is 1. The van der Waals surface area contributed by atoms with Gasteiger partial charge in [0.1, 0.15) is 17.7 Å². The Bertz CT molecular complexity index is 1910. The minimum absolute atomic E-state index is 0.0653. The van der Waals surface area contributed by atoms with Crippen LogP contribution in [-0.2, 0) is 20.5 Å². The molecule has 10 nitrogen and oxygen atoms in total. The summed E-state index contributed by atoms with van der Waals surface area (Å²) in [5, 5.41) is 10.3. The highest BCUT2D eigenvalue weighted by molar-refractivity contribution is 6.08. The van der Waals surface area contributed by atoms with Crippen molar-refractivity contribution in [1.82, 2.24) is 20.0 Å². The number of halogens is 4. The average molecular weight is 691 g/mol. The normalized spacial score (nSPS) is 18.0. The maximum atomic E-state index is 14.4. The maximum Gasteiger partial charge on any atom is 0.416 e. The molecule has 2 N–H and O–H groups in total. The molecule has 3 heterocycles. The third-order valence-electron chi connectivity index (χ3n) is 8.68. The van der Waals surface area contributed by atoms with Crippen LogP contribution in [0, 0.1) is 5.82 Å². The van der Waals surface area contributed by atoms with E-state index < -0.39 is 47.2 Å². The molecular weight excluding hydrogens is 656 g/mol. The molecule has 0 spiro atoms. The lowest BCUT2D eigenvalue weighted by Gasteiger charge is -2.38. The number of hydrogen-bond donors (Lipinski definition) is 2. The van der Waals surface area contributed by atoms with Crippen molar-refractivity contribution in [1.29, 1.82) is 0 Å². The molecule has 2 unspecified atom stereocenters. The quantitative estimate of drug-likeness (QED) is 0.186. The average Bonchev–Trinajstić information content (AvgIpc) is 3.47. The third kappa shape index (κ3) is 7.03. The second kappa shape index (κ2) is 14.3. The lowest BCUT2D eigenvalue weighted by Crippen LogP contribution is -2.55. The van der Waals surface area contributed by atoms with Gasteiger partial charge in [-0.25, -0.2) is 9.07 Å². The second-order valence-electron chi connectivity index (χ2n) is 11.9. The SMILES string of the molecule is C=C(CN1CCOCC1)C(=O)Nc1nn(-c2ccccc2)c2c1C(c1ccc(F)cc1)C(NC(=O)c1cccc(C(F)(F)F)c1)C(=O)N2CC. The van der Waals surface area contributed by atoms with Gasteiger partial charge in [0, 0.05) is 48.8 Å². The standard InChI is InChI=1S/C36H34F4N6O4/c1-3-45-34-29(31(43-46(34)27-10-5-4-6-11-27)42-32(47)22(2)21-44-16-18-50-19-17-44)28(23-12-14-26(37)15-13-23)30(35(45)49)41-33(48)24-8-7-9-25(20-24)36(38,39)40/h4-15,20,28,30H,2-3,16-19,21H2,1H3,(H,41,48)(H,42,43,47). The van der Waals surface area contributed by atoms with E-state index in [4.69, 9.17) is 9.84 Å². The third-order valence-corrected chi connectivity index (χ3v) is 8.68. The number of amides is 3. The topological polar surface area (TPSA) is 109 Å². The van der Waals surface area contributed by atoms with E-state index >= 15 is 0 Å². The summed E-state index contributed by atoms with van der Waals surface area (Å²) in [5.74, 6) is -3.28. The van der Waals surface area contributed by atoms with Crippen LogP contribution in [0.4, 0.5) is 29.2 Å². The highest BCUT2D eigenvalue weighted by Gasteiger charge is 2.47. The predicted molar refractivity (Wildman–Crippen MR) is 178 cm³/mol. The fraction of sp³-hybridized carbons (Fsp3) is 0.278. The van der Waals surface area contributed by atoms with Gasteiger partial charge < -0.3 is 15.4 Å². The van der Waals surface area contributed by atoms with Gasteiger partial charge in [0.15, 0.2) is 5.82 Å². The van der Waals surface area contributed by atoms with E-state index in [1.807, 2.05) is 4.90 Å². The van der Waals surface area contributed by atoms with Crippen molar-refractivity contribution < 1.29 is 36.7 Å². The van der Waals surface area contributed by atoms with Crippen LogP contribution in [-0.4, -0.2) is 77.8 Å². The number of nitrogens with one attached hydrogen (secondary N) is 2. The van der Waals surface area contributed by atoms with Crippen molar-refractivity contribution in [2.45, 2.75) is 25.1 Å². The molecule has 4 aromatic rings.